The highest BCUT2D eigenvalue weighted by molar-refractivity contribution is 8.00. The average molecular weight is 632 g/mol. The monoisotopic (exact) mass is 631 g/mol. The standard InChI is InChI=1S/C33H33N3O6S2/c1-5-26(43-25-14-10-13-23(19-25)35-29(37)21-15-17-24(41-4)18-16-21)30(38)36-32-27(33(40)42-6-2)20(3)28(44-32)31(39)34-22-11-8-7-9-12-22/h7-19,26H,5-6H2,1-4H3,(H,34,39)(H,35,37)(H,36,38). The summed E-state index contributed by atoms with van der Waals surface area (Å²) in [4.78, 5) is 53.3. The summed E-state index contributed by atoms with van der Waals surface area (Å²) in [5.74, 6) is -0.947. The van der Waals surface area contributed by atoms with Gasteiger partial charge in [-0.25, -0.2) is 4.79 Å². The molecule has 11 heteroatoms. The van der Waals surface area contributed by atoms with E-state index in [1.54, 1.807) is 87.7 Å². The predicted octanol–water partition coefficient (Wildman–Crippen LogP) is 7.26. The van der Waals surface area contributed by atoms with Crippen LogP contribution in [0.1, 0.15) is 56.2 Å². The number of nitrogens with one attached hydrogen (secondary N) is 3. The first-order valence-electron chi connectivity index (χ1n) is 13.9. The number of hydrogen-bond acceptors (Lipinski definition) is 8. The quantitative estimate of drug-likeness (QED) is 0.111. The molecule has 0 aliphatic rings. The van der Waals surface area contributed by atoms with Crippen molar-refractivity contribution in [2.75, 3.05) is 29.7 Å². The molecule has 1 aromatic heterocycles. The molecule has 0 aliphatic carbocycles. The minimum atomic E-state index is -0.615. The van der Waals surface area contributed by atoms with Gasteiger partial charge < -0.3 is 25.4 Å². The van der Waals surface area contributed by atoms with Crippen molar-refractivity contribution in [3.8, 4) is 5.75 Å². The summed E-state index contributed by atoms with van der Waals surface area (Å²) in [6.07, 6.45) is 0.485. The van der Waals surface area contributed by atoms with Crippen LogP contribution in [0.3, 0.4) is 0 Å². The number of rotatable bonds is 12. The Labute approximate surface area is 264 Å². The van der Waals surface area contributed by atoms with E-state index in [4.69, 9.17) is 9.47 Å². The third-order valence-electron chi connectivity index (χ3n) is 6.49. The molecule has 3 N–H and O–H groups in total. The fraction of sp³-hybridized carbons (Fsp3) is 0.212. The number of hydrogen-bond donors (Lipinski definition) is 3. The smallest absolute Gasteiger partial charge is 0.341 e. The molecule has 44 heavy (non-hydrogen) atoms. The highest BCUT2D eigenvalue weighted by Gasteiger charge is 2.28. The van der Waals surface area contributed by atoms with Crippen LogP contribution in [0.25, 0.3) is 0 Å². The molecule has 4 aromatic rings. The van der Waals surface area contributed by atoms with E-state index in [1.807, 2.05) is 19.1 Å². The lowest BCUT2D eigenvalue weighted by Gasteiger charge is -2.15. The molecule has 0 radical (unpaired) electrons. The second-order valence-electron chi connectivity index (χ2n) is 9.52. The SMILES string of the molecule is CCOC(=O)c1c(NC(=O)C(CC)Sc2cccc(NC(=O)c3ccc(OC)cc3)c2)sc(C(=O)Nc2ccccc2)c1C. The van der Waals surface area contributed by atoms with Crippen molar-refractivity contribution in [3.05, 3.63) is 100 Å². The molecule has 1 unspecified atom stereocenters. The maximum atomic E-state index is 13.5. The van der Waals surface area contributed by atoms with Crippen LogP contribution in [0, 0.1) is 6.92 Å². The molecular formula is C33H33N3O6S2. The Morgan fingerprint density at radius 2 is 1.52 bits per heavy atom. The molecule has 0 saturated carbocycles. The van der Waals surface area contributed by atoms with Crippen LogP contribution < -0.4 is 20.7 Å². The molecule has 228 valence electrons. The summed E-state index contributed by atoms with van der Waals surface area (Å²) < 4.78 is 10.4. The maximum absolute atomic E-state index is 13.5. The van der Waals surface area contributed by atoms with Gasteiger partial charge in [0.1, 0.15) is 10.8 Å². The van der Waals surface area contributed by atoms with Crippen molar-refractivity contribution >= 4 is 63.2 Å². The van der Waals surface area contributed by atoms with Gasteiger partial charge in [-0.15, -0.1) is 23.1 Å². The summed E-state index contributed by atoms with van der Waals surface area (Å²) in [6.45, 7) is 5.39. The van der Waals surface area contributed by atoms with Crippen molar-refractivity contribution in [1.29, 1.82) is 0 Å². The zero-order valence-corrected chi connectivity index (χ0v) is 26.4. The normalized spacial score (nSPS) is 11.3. The van der Waals surface area contributed by atoms with Crippen molar-refractivity contribution in [2.24, 2.45) is 0 Å². The van der Waals surface area contributed by atoms with Crippen LogP contribution in [-0.2, 0) is 9.53 Å². The zero-order valence-electron chi connectivity index (χ0n) is 24.8. The molecule has 3 aromatic carbocycles. The third-order valence-corrected chi connectivity index (χ3v) is 9.05. The summed E-state index contributed by atoms with van der Waals surface area (Å²) >= 11 is 2.36. The number of anilines is 3. The lowest BCUT2D eigenvalue weighted by Crippen LogP contribution is -2.25. The summed E-state index contributed by atoms with van der Waals surface area (Å²) in [7, 11) is 1.56. The Hall–Kier alpha value is -4.61. The van der Waals surface area contributed by atoms with E-state index in [0.717, 1.165) is 16.2 Å². The van der Waals surface area contributed by atoms with Crippen LogP contribution >= 0.6 is 23.1 Å². The Morgan fingerprint density at radius 3 is 2.18 bits per heavy atom. The van der Waals surface area contributed by atoms with E-state index in [9.17, 15) is 19.2 Å². The number of ether oxygens (including phenoxy) is 2. The topological polar surface area (TPSA) is 123 Å². The number of esters is 1. The summed E-state index contributed by atoms with van der Waals surface area (Å²) in [5.41, 5.74) is 2.26. The van der Waals surface area contributed by atoms with Gasteiger partial charge in [-0.1, -0.05) is 31.2 Å². The van der Waals surface area contributed by atoms with Gasteiger partial charge in [0.05, 0.1) is 29.4 Å². The van der Waals surface area contributed by atoms with E-state index in [0.29, 0.717) is 39.5 Å². The first-order valence-corrected chi connectivity index (χ1v) is 15.6. The van der Waals surface area contributed by atoms with Crippen molar-refractivity contribution in [2.45, 2.75) is 37.3 Å². The number of carbonyl (C=O) groups is 4. The minimum absolute atomic E-state index is 0.145. The largest absolute Gasteiger partial charge is 0.497 e. The van der Waals surface area contributed by atoms with E-state index < -0.39 is 11.2 Å². The first-order chi connectivity index (χ1) is 21.2. The van der Waals surface area contributed by atoms with Crippen LogP contribution in [0.2, 0.25) is 0 Å². The van der Waals surface area contributed by atoms with Gasteiger partial charge in [0.2, 0.25) is 5.91 Å². The molecule has 4 rings (SSSR count). The second-order valence-corrected chi connectivity index (χ2v) is 11.8. The van der Waals surface area contributed by atoms with Gasteiger partial charge in [-0.05, 0) is 80.4 Å². The van der Waals surface area contributed by atoms with Crippen molar-refractivity contribution in [3.63, 3.8) is 0 Å². The van der Waals surface area contributed by atoms with Crippen LogP contribution in [-0.4, -0.2) is 42.7 Å². The number of carbonyl (C=O) groups excluding carboxylic acids is 4. The molecule has 0 spiro atoms. The molecule has 3 amide bonds. The third kappa shape index (κ3) is 8.06. The maximum Gasteiger partial charge on any atom is 0.341 e. The molecule has 0 bridgehead atoms. The van der Waals surface area contributed by atoms with Gasteiger partial charge in [0.15, 0.2) is 0 Å². The molecular weight excluding hydrogens is 599 g/mol. The molecule has 0 aliphatic heterocycles. The number of methoxy groups -OCH3 is 1. The number of thiophene rings is 1. The zero-order chi connectivity index (χ0) is 31.6. The number of para-hydroxylation sites is 1. The molecule has 1 heterocycles. The Kier molecular flexibility index (Phi) is 11.2. The number of benzene rings is 3. The minimum Gasteiger partial charge on any atom is -0.497 e. The van der Waals surface area contributed by atoms with E-state index in [-0.39, 0.29) is 34.9 Å². The molecule has 0 saturated heterocycles. The predicted molar refractivity (Wildman–Crippen MR) is 175 cm³/mol. The molecule has 9 nitrogen and oxygen atoms in total. The van der Waals surface area contributed by atoms with E-state index in [1.165, 1.54) is 11.8 Å². The number of thioether (sulfide) groups is 1. The number of amides is 3. The van der Waals surface area contributed by atoms with Gasteiger partial charge in [-0.3, -0.25) is 14.4 Å². The summed E-state index contributed by atoms with van der Waals surface area (Å²) in [5, 5.41) is 8.32. The van der Waals surface area contributed by atoms with Gasteiger partial charge in [0, 0.05) is 21.8 Å². The lowest BCUT2D eigenvalue weighted by atomic mass is 10.1. The molecule has 0 fully saturated rings. The van der Waals surface area contributed by atoms with Crippen LogP contribution in [0.15, 0.2) is 83.8 Å². The van der Waals surface area contributed by atoms with Crippen molar-refractivity contribution < 1.29 is 28.7 Å². The van der Waals surface area contributed by atoms with Gasteiger partial charge in [0.25, 0.3) is 11.8 Å². The van der Waals surface area contributed by atoms with Crippen LogP contribution in [0.5, 0.6) is 5.75 Å². The Morgan fingerprint density at radius 1 is 0.841 bits per heavy atom. The van der Waals surface area contributed by atoms with Gasteiger partial charge >= 0.3 is 5.97 Å². The fourth-order valence-electron chi connectivity index (χ4n) is 4.25. The summed E-state index contributed by atoms with van der Waals surface area (Å²) in [6, 6.07) is 23.0. The van der Waals surface area contributed by atoms with Crippen molar-refractivity contribution in [1.82, 2.24) is 0 Å². The van der Waals surface area contributed by atoms with E-state index >= 15 is 0 Å². The molecule has 1 atom stereocenters. The van der Waals surface area contributed by atoms with E-state index in [2.05, 4.69) is 16.0 Å². The Bertz CT molecular complexity index is 1640. The lowest BCUT2D eigenvalue weighted by molar-refractivity contribution is -0.115. The highest BCUT2D eigenvalue weighted by Crippen LogP contribution is 2.36. The van der Waals surface area contributed by atoms with Crippen LogP contribution in [0.4, 0.5) is 16.4 Å². The second kappa shape index (κ2) is 15.2. The highest BCUT2D eigenvalue weighted by atomic mass is 32.2. The fourth-order valence-corrected chi connectivity index (χ4v) is 6.35. The van der Waals surface area contributed by atoms with Gasteiger partial charge in [-0.2, -0.15) is 0 Å². The Balaban J connectivity index is 1.50. The average Bonchev–Trinajstić information content (AvgIpc) is 3.35. The first kappa shape index (κ1) is 32.3.